The lowest BCUT2D eigenvalue weighted by Gasteiger charge is -2.19. The van der Waals surface area contributed by atoms with Gasteiger partial charge in [0.25, 0.3) is 6.47 Å². The van der Waals surface area contributed by atoms with Gasteiger partial charge in [-0.2, -0.15) is 5.10 Å². The lowest BCUT2D eigenvalue weighted by Crippen LogP contribution is -2.27. The second kappa shape index (κ2) is 10.4. The largest absolute Gasteiger partial charge is 0.483 e. The summed E-state index contributed by atoms with van der Waals surface area (Å²) in [5, 5.41) is 16.5. The van der Waals surface area contributed by atoms with Gasteiger partial charge in [0.1, 0.15) is 11.6 Å². The van der Waals surface area contributed by atoms with Crippen LogP contribution in [0.25, 0.3) is 11.3 Å². The van der Waals surface area contributed by atoms with E-state index in [-0.39, 0.29) is 12.4 Å². The monoisotopic (exact) mass is 377 g/mol. The molecule has 3 N–H and O–H groups in total. The number of hydrogen-bond acceptors (Lipinski definition) is 5. The molecule has 146 valence electrons. The summed E-state index contributed by atoms with van der Waals surface area (Å²) >= 11 is 0. The topological polar surface area (TPSA) is 111 Å². The Balaban J connectivity index is 0.000000817. The van der Waals surface area contributed by atoms with Crippen LogP contribution in [0.5, 0.6) is 0 Å². The van der Waals surface area contributed by atoms with E-state index in [1.807, 2.05) is 0 Å². The van der Waals surface area contributed by atoms with Crippen molar-refractivity contribution in [2.75, 3.05) is 25.0 Å². The number of anilines is 1. The summed E-state index contributed by atoms with van der Waals surface area (Å²) in [7, 11) is 0. The van der Waals surface area contributed by atoms with Gasteiger partial charge in [-0.15, -0.1) is 0 Å². The molecule has 9 heteroatoms. The molecular weight excluding hydrogens is 353 g/mol. The third-order valence-electron chi connectivity index (χ3n) is 4.16. The number of aromatic nitrogens is 3. The SMILES string of the molecule is CC(CC(=O)Nc1cc(-c2cncc(F)c2)n[nH]1)CN1CCCC1.O=CO. The van der Waals surface area contributed by atoms with E-state index in [0.717, 1.165) is 25.8 Å². The molecule has 2 aromatic rings. The normalized spacial score (nSPS) is 14.9. The molecular formula is C18H24FN5O3. The maximum atomic E-state index is 13.2. The Bertz CT molecular complexity index is 746. The second-order valence-corrected chi connectivity index (χ2v) is 6.53. The number of hydrogen-bond donors (Lipinski definition) is 3. The fourth-order valence-corrected chi connectivity index (χ4v) is 3.07. The van der Waals surface area contributed by atoms with Crippen LogP contribution in [0.4, 0.5) is 10.2 Å². The highest BCUT2D eigenvalue weighted by atomic mass is 19.1. The average Bonchev–Trinajstić information content (AvgIpc) is 3.27. The van der Waals surface area contributed by atoms with E-state index in [1.165, 1.54) is 25.1 Å². The summed E-state index contributed by atoms with van der Waals surface area (Å²) in [4.78, 5) is 26.7. The van der Waals surface area contributed by atoms with Crippen LogP contribution in [-0.4, -0.2) is 57.2 Å². The highest BCUT2D eigenvalue weighted by Crippen LogP contribution is 2.20. The van der Waals surface area contributed by atoms with Gasteiger partial charge in [-0.25, -0.2) is 4.39 Å². The molecule has 0 radical (unpaired) electrons. The van der Waals surface area contributed by atoms with Crippen molar-refractivity contribution in [2.24, 2.45) is 5.92 Å². The van der Waals surface area contributed by atoms with E-state index >= 15 is 0 Å². The van der Waals surface area contributed by atoms with Crippen molar-refractivity contribution in [3.05, 3.63) is 30.3 Å². The number of rotatable bonds is 6. The molecule has 1 aliphatic heterocycles. The molecule has 8 nitrogen and oxygen atoms in total. The number of pyridine rings is 1. The Labute approximate surface area is 156 Å². The summed E-state index contributed by atoms with van der Waals surface area (Å²) in [6, 6.07) is 3.03. The number of halogens is 1. The molecule has 0 aromatic carbocycles. The number of carbonyl (C=O) groups excluding carboxylic acids is 1. The first-order valence-electron chi connectivity index (χ1n) is 8.78. The third kappa shape index (κ3) is 6.78. The van der Waals surface area contributed by atoms with Crippen molar-refractivity contribution in [3.8, 4) is 11.3 Å². The Morgan fingerprint density at radius 2 is 2.11 bits per heavy atom. The first-order valence-corrected chi connectivity index (χ1v) is 8.78. The van der Waals surface area contributed by atoms with Crippen molar-refractivity contribution in [1.82, 2.24) is 20.1 Å². The van der Waals surface area contributed by atoms with Crippen molar-refractivity contribution < 1.29 is 19.1 Å². The molecule has 0 spiro atoms. The molecule has 2 aromatic heterocycles. The number of amides is 1. The van der Waals surface area contributed by atoms with Gasteiger partial charge in [-0.05, 0) is 37.9 Å². The van der Waals surface area contributed by atoms with E-state index in [1.54, 1.807) is 6.07 Å². The van der Waals surface area contributed by atoms with Gasteiger partial charge in [0.05, 0.1) is 11.9 Å². The van der Waals surface area contributed by atoms with Gasteiger partial charge < -0.3 is 15.3 Å². The van der Waals surface area contributed by atoms with Gasteiger partial charge in [0, 0.05) is 30.8 Å². The van der Waals surface area contributed by atoms with Crippen LogP contribution in [0.3, 0.4) is 0 Å². The molecule has 3 heterocycles. The van der Waals surface area contributed by atoms with Crippen molar-refractivity contribution in [3.63, 3.8) is 0 Å². The van der Waals surface area contributed by atoms with Gasteiger partial charge in [-0.1, -0.05) is 6.92 Å². The summed E-state index contributed by atoms with van der Waals surface area (Å²) in [5.41, 5.74) is 1.11. The molecule has 1 amide bonds. The molecule has 0 aliphatic carbocycles. The van der Waals surface area contributed by atoms with Crippen molar-refractivity contribution >= 4 is 18.2 Å². The fraction of sp³-hybridized carbons (Fsp3) is 0.444. The summed E-state index contributed by atoms with van der Waals surface area (Å²) in [6.45, 7) is 5.07. The standard InChI is InChI=1S/C17H22FN5O.CH2O2/c1-12(11-23-4-2-3-5-23)6-17(24)20-16-8-15(21-22-16)13-7-14(18)10-19-9-13;2-1-3/h7-10,12H,2-6,11H2,1H3,(H2,20,21,22,24);1H,(H,2,3). The fourth-order valence-electron chi connectivity index (χ4n) is 3.07. The Kier molecular flexibility index (Phi) is 7.87. The predicted molar refractivity (Wildman–Crippen MR) is 98.6 cm³/mol. The molecule has 0 saturated carbocycles. The van der Waals surface area contributed by atoms with Crippen LogP contribution < -0.4 is 5.32 Å². The van der Waals surface area contributed by atoms with Crippen LogP contribution in [0.2, 0.25) is 0 Å². The quantitative estimate of drug-likeness (QED) is 0.667. The van der Waals surface area contributed by atoms with Crippen molar-refractivity contribution in [1.29, 1.82) is 0 Å². The van der Waals surface area contributed by atoms with E-state index in [9.17, 15) is 9.18 Å². The molecule has 3 rings (SSSR count). The van der Waals surface area contributed by atoms with Gasteiger partial charge in [0.2, 0.25) is 5.91 Å². The van der Waals surface area contributed by atoms with Gasteiger partial charge in [0.15, 0.2) is 0 Å². The molecule has 1 saturated heterocycles. The predicted octanol–water partition coefficient (Wildman–Crippen LogP) is 2.37. The number of carbonyl (C=O) groups is 2. The highest BCUT2D eigenvalue weighted by Gasteiger charge is 2.17. The minimum Gasteiger partial charge on any atom is -0.483 e. The number of nitrogens with zero attached hydrogens (tertiary/aromatic N) is 3. The van der Waals surface area contributed by atoms with E-state index in [4.69, 9.17) is 9.90 Å². The number of nitrogens with one attached hydrogen (secondary N) is 2. The van der Waals surface area contributed by atoms with Crippen LogP contribution >= 0.6 is 0 Å². The van der Waals surface area contributed by atoms with Gasteiger partial charge >= 0.3 is 0 Å². The number of aromatic amines is 1. The van der Waals surface area contributed by atoms with E-state index in [2.05, 4.69) is 32.3 Å². The third-order valence-corrected chi connectivity index (χ3v) is 4.16. The first kappa shape index (κ1) is 20.5. The summed E-state index contributed by atoms with van der Waals surface area (Å²) in [6.07, 6.45) is 5.64. The molecule has 1 unspecified atom stereocenters. The zero-order valence-electron chi connectivity index (χ0n) is 15.2. The number of H-pyrrole nitrogens is 1. The minimum absolute atomic E-state index is 0.0470. The highest BCUT2D eigenvalue weighted by molar-refractivity contribution is 5.90. The van der Waals surface area contributed by atoms with Gasteiger partial charge in [-0.3, -0.25) is 19.7 Å². The van der Waals surface area contributed by atoms with Crippen LogP contribution in [0.15, 0.2) is 24.5 Å². The Morgan fingerprint density at radius 3 is 2.78 bits per heavy atom. The van der Waals surface area contributed by atoms with Crippen LogP contribution in [0, 0.1) is 11.7 Å². The minimum atomic E-state index is -0.420. The maximum Gasteiger partial charge on any atom is 0.290 e. The Morgan fingerprint density at radius 1 is 1.41 bits per heavy atom. The molecule has 1 atom stereocenters. The molecule has 1 fully saturated rings. The maximum absolute atomic E-state index is 13.2. The average molecular weight is 377 g/mol. The zero-order chi connectivity index (χ0) is 19.6. The Hall–Kier alpha value is -2.81. The van der Waals surface area contributed by atoms with Crippen molar-refractivity contribution in [2.45, 2.75) is 26.2 Å². The van der Waals surface area contributed by atoms with E-state index in [0.29, 0.717) is 29.4 Å². The smallest absolute Gasteiger partial charge is 0.290 e. The summed E-state index contributed by atoms with van der Waals surface area (Å²) < 4.78 is 13.2. The van der Waals surface area contributed by atoms with E-state index < -0.39 is 5.82 Å². The van der Waals surface area contributed by atoms with Crippen LogP contribution in [-0.2, 0) is 9.59 Å². The lowest BCUT2D eigenvalue weighted by molar-refractivity contribution is -0.123. The molecule has 0 bridgehead atoms. The zero-order valence-corrected chi connectivity index (χ0v) is 15.2. The van der Waals surface area contributed by atoms with Crippen LogP contribution in [0.1, 0.15) is 26.2 Å². The first-order chi connectivity index (χ1) is 13.0. The lowest BCUT2D eigenvalue weighted by atomic mass is 10.1. The number of likely N-dealkylation sites (tertiary alicyclic amines) is 1. The molecule has 27 heavy (non-hydrogen) atoms. The summed E-state index contributed by atoms with van der Waals surface area (Å²) in [5.74, 6) is 0.344. The number of carboxylic acid groups (broad SMARTS) is 1. The second-order valence-electron chi connectivity index (χ2n) is 6.53. The molecule has 1 aliphatic rings.